The highest BCUT2D eigenvalue weighted by atomic mass is 31.2. The van der Waals surface area contributed by atoms with E-state index in [0.29, 0.717) is 0 Å². The number of aliphatic carboxylic acids is 1. The minimum atomic E-state index is -4.99. The van der Waals surface area contributed by atoms with Crippen molar-refractivity contribution in [2.24, 2.45) is 0 Å². The molecule has 13 nitrogen and oxygen atoms in total. The van der Waals surface area contributed by atoms with Crippen LogP contribution in [0.2, 0.25) is 0 Å². The van der Waals surface area contributed by atoms with E-state index < -0.39 is 70.6 Å². The SMILES string of the molecule is O=C(O)[C@]1(CP(=O)(O)O)C[C@@H](O)[C@@H](O)[C@@H]([C@H](O)COP(=O)(O)O)O1. The Morgan fingerprint density at radius 1 is 1.25 bits per heavy atom. The molecule has 24 heavy (non-hydrogen) atoms. The number of carboxylic acids is 1. The van der Waals surface area contributed by atoms with Crippen molar-refractivity contribution in [2.45, 2.75) is 36.4 Å². The fraction of sp³-hybridized carbons (Fsp3) is 0.889. The van der Waals surface area contributed by atoms with Crippen LogP contribution in [-0.4, -0.2) is 88.8 Å². The first kappa shape index (κ1) is 21.6. The number of carbonyl (C=O) groups is 1. The summed E-state index contributed by atoms with van der Waals surface area (Å²) in [7, 11) is -9.93. The summed E-state index contributed by atoms with van der Waals surface area (Å²) in [6.45, 7) is -1.09. The molecule has 142 valence electrons. The van der Waals surface area contributed by atoms with Gasteiger partial charge in [0, 0.05) is 6.42 Å². The lowest BCUT2D eigenvalue weighted by Gasteiger charge is -2.44. The van der Waals surface area contributed by atoms with Crippen LogP contribution in [-0.2, 0) is 23.2 Å². The first-order valence-electron chi connectivity index (χ1n) is 6.37. The van der Waals surface area contributed by atoms with Crippen LogP contribution >= 0.6 is 15.4 Å². The summed E-state index contributed by atoms with van der Waals surface area (Å²) < 4.78 is 30.7. The normalized spacial score (nSPS) is 33.2. The highest BCUT2D eigenvalue weighted by molar-refractivity contribution is 7.51. The van der Waals surface area contributed by atoms with Gasteiger partial charge in [0.25, 0.3) is 0 Å². The molecule has 1 saturated heterocycles. The van der Waals surface area contributed by atoms with Crippen LogP contribution in [0.15, 0.2) is 0 Å². The fourth-order valence-electron chi connectivity index (χ4n) is 2.27. The van der Waals surface area contributed by atoms with Crippen molar-refractivity contribution < 1.29 is 63.2 Å². The summed E-state index contributed by atoms with van der Waals surface area (Å²) in [6.07, 6.45) is -9.87. The van der Waals surface area contributed by atoms with Gasteiger partial charge >= 0.3 is 21.4 Å². The molecule has 0 amide bonds. The van der Waals surface area contributed by atoms with Crippen molar-refractivity contribution in [3.63, 3.8) is 0 Å². The van der Waals surface area contributed by atoms with Crippen molar-refractivity contribution in [1.29, 1.82) is 0 Å². The Labute approximate surface area is 134 Å². The van der Waals surface area contributed by atoms with E-state index in [0.717, 1.165) is 0 Å². The molecular weight excluding hydrogens is 378 g/mol. The summed E-state index contributed by atoms with van der Waals surface area (Å²) in [6, 6.07) is 0. The van der Waals surface area contributed by atoms with Gasteiger partial charge in [-0.15, -0.1) is 0 Å². The van der Waals surface area contributed by atoms with Gasteiger partial charge in [-0.05, 0) is 0 Å². The molecule has 0 radical (unpaired) electrons. The Morgan fingerprint density at radius 3 is 2.21 bits per heavy atom. The maximum Gasteiger partial charge on any atom is 0.469 e. The largest absolute Gasteiger partial charge is 0.479 e. The van der Waals surface area contributed by atoms with E-state index in [-0.39, 0.29) is 0 Å². The van der Waals surface area contributed by atoms with Crippen molar-refractivity contribution >= 4 is 21.4 Å². The third-order valence-electron chi connectivity index (χ3n) is 3.28. The fourth-order valence-corrected chi connectivity index (χ4v) is 3.62. The van der Waals surface area contributed by atoms with Crippen molar-refractivity contribution in [3.05, 3.63) is 0 Å². The van der Waals surface area contributed by atoms with Gasteiger partial charge in [-0.1, -0.05) is 0 Å². The van der Waals surface area contributed by atoms with Gasteiger partial charge in [0.2, 0.25) is 0 Å². The Balaban J connectivity index is 3.05. The Bertz CT molecular complexity index is 554. The summed E-state index contributed by atoms with van der Waals surface area (Å²) in [5.74, 6) is -1.86. The number of phosphoric ester groups is 1. The van der Waals surface area contributed by atoms with E-state index in [1.54, 1.807) is 0 Å². The second-order valence-corrected chi connectivity index (χ2v) is 8.21. The van der Waals surface area contributed by atoms with E-state index in [1.165, 1.54) is 0 Å². The van der Waals surface area contributed by atoms with E-state index in [2.05, 4.69) is 4.52 Å². The van der Waals surface area contributed by atoms with Gasteiger partial charge in [0.15, 0.2) is 5.60 Å². The number of hydrogen-bond acceptors (Lipinski definition) is 8. The summed E-state index contributed by atoms with van der Waals surface area (Å²) >= 11 is 0. The smallest absolute Gasteiger partial charge is 0.469 e. The molecule has 0 saturated carbocycles. The highest BCUT2D eigenvalue weighted by Gasteiger charge is 2.55. The van der Waals surface area contributed by atoms with Crippen LogP contribution in [0.5, 0.6) is 0 Å². The molecule has 1 aliphatic rings. The quantitative estimate of drug-likeness (QED) is 0.200. The number of hydrogen-bond donors (Lipinski definition) is 8. The standard InChI is InChI=1S/C9H18O13P2/c10-4-1-9(8(13)14,3-23(15,16)17)22-7(6(4)12)5(11)2-21-24(18,19)20/h4-7,10-12H,1-3H2,(H,13,14)(H2,15,16,17)(H2,18,19,20)/t4-,5-,6-,7-,9-/m1/s1. The molecule has 0 unspecified atom stereocenters. The third-order valence-corrected chi connectivity index (χ3v) is 4.68. The Kier molecular flexibility index (Phi) is 6.70. The van der Waals surface area contributed by atoms with Crippen molar-refractivity contribution in [1.82, 2.24) is 0 Å². The van der Waals surface area contributed by atoms with Gasteiger partial charge in [-0.2, -0.15) is 0 Å². The molecule has 0 aromatic rings. The monoisotopic (exact) mass is 396 g/mol. The van der Waals surface area contributed by atoms with Crippen molar-refractivity contribution in [2.75, 3.05) is 12.8 Å². The predicted molar refractivity (Wildman–Crippen MR) is 72.8 cm³/mol. The van der Waals surface area contributed by atoms with Gasteiger partial charge in [-0.3, -0.25) is 9.09 Å². The molecular formula is C9H18O13P2. The molecule has 0 bridgehead atoms. The van der Waals surface area contributed by atoms with Gasteiger partial charge in [0.05, 0.1) is 18.9 Å². The van der Waals surface area contributed by atoms with Gasteiger partial charge in [-0.25, -0.2) is 9.36 Å². The average molecular weight is 396 g/mol. The van der Waals surface area contributed by atoms with Gasteiger partial charge in [0.1, 0.15) is 18.3 Å². The molecule has 1 rings (SSSR count). The molecule has 0 aromatic carbocycles. The lowest BCUT2D eigenvalue weighted by atomic mass is 9.87. The van der Waals surface area contributed by atoms with Crippen LogP contribution < -0.4 is 0 Å². The summed E-state index contributed by atoms with van der Waals surface area (Å²) in [4.78, 5) is 46.5. The second-order valence-electron chi connectivity index (χ2n) is 5.32. The van der Waals surface area contributed by atoms with E-state index >= 15 is 0 Å². The van der Waals surface area contributed by atoms with Crippen LogP contribution in [0.3, 0.4) is 0 Å². The minimum Gasteiger partial charge on any atom is -0.479 e. The average Bonchev–Trinajstić information content (AvgIpc) is 2.37. The highest BCUT2D eigenvalue weighted by Crippen LogP contribution is 2.45. The molecule has 1 heterocycles. The molecule has 15 heteroatoms. The lowest BCUT2D eigenvalue weighted by molar-refractivity contribution is -0.240. The first-order valence-corrected chi connectivity index (χ1v) is 9.70. The summed E-state index contributed by atoms with van der Waals surface area (Å²) in [5, 5.41) is 38.5. The van der Waals surface area contributed by atoms with Crippen LogP contribution in [0, 0.1) is 0 Å². The Morgan fingerprint density at radius 2 is 1.79 bits per heavy atom. The number of carboxylic acid groups (broad SMARTS) is 1. The topological polar surface area (TPSA) is 232 Å². The summed E-state index contributed by atoms with van der Waals surface area (Å²) in [5.41, 5.74) is -2.62. The maximum atomic E-state index is 11.4. The molecule has 5 atom stereocenters. The molecule has 0 spiro atoms. The Hall–Kier alpha value is -0.430. The zero-order valence-electron chi connectivity index (χ0n) is 11.9. The molecule has 1 aliphatic heterocycles. The third kappa shape index (κ3) is 5.83. The zero-order valence-corrected chi connectivity index (χ0v) is 13.7. The second kappa shape index (κ2) is 7.44. The molecule has 1 fully saturated rings. The maximum absolute atomic E-state index is 11.4. The van der Waals surface area contributed by atoms with Crippen LogP contribution in [0.4, 0.5) is 0 Å². The zero-order chi connectivity index (χ0) is 18.9. The molecule has 8 N–H and O–H groups in total. The minimum absolute atomic E-state index is 0.878. The lowest BCUT2D eigenvalue weighted by Crippen LogP contribution is -2.63. The van der Waals surface area contributed by atoms with E-state index in [4.69, 9.17) is 24.3 Å². The van der Waals surface area contributed by atoms with Crippen LogP contribution in [0.25, 0.3) is 0 Å². The number of ether oxygens (including phenoxy) is 1. The number of aliphatic hydroxyl groups excluding tert-OH is 3. The van der Waals surface area contributed by atoms with Crippen LogP contribution in [0.1, 0.15) is 6.42 Å². The number of rotatable bonds is 7. The number of phosphoric acid groups is 1. The molecule has 0 aromatic heterocycles. The number of aliphatic hydroxyl groups is 3. The van der Waals surface area contributed by atoms with Crippen molar-refractivity contribution in [3.8, 4) is 0 Å². The first-order chi connectivity index (χ1) is 10.7. The predicted octanol–water partition coefficient (Wildman–Crippen LogP) is -3.03. The van der Waals surface area contributed by atoms with E-state index in [9.17, 15) is 34.4 Å². The van der Waals surface area contributed by atoms with Gasteiger partial charge < -0.3 is 44.7 Å². The van der Waals surface area contributed by atoms with E-state index in [1.807, 2.05) is 0 Å². The molecule has 0 aliphatic carbocycles.